The molecule has 0 saturated carbocycles. The summed E-state index contributed by atoms with van der Waals surface area (Å²) in [7, 11) is 0. The number of rotatable bonds is 0. The third-order valence-electron chi connectivity index (χ3n) is 2.14. The van der Waals surface area contributed by atoms with E-state index in [1.807, 2.05) is 0 Å². The maximum absolute atomic E-state index is 10.8. The second-order valence-corrected chi connectivity index (χ2v) is 3.14. The normalized spacial score (nSPS) is 13.5. The highest BCUT2D eigenvalue weighted by molar-refractivity contribution is 5.79. The molecule has 1 aromatic rings. The molecule has 82 valence electrons. The monoisotopic (exact) mass is 220 g/mol. The summed E-state index contributed by atoms with van der Waals surface area (Å²) >= 11 is 0. The van der Waals surface area contributed by atoms with Gasteiger partial charge in [-0.15, -0.1) is 0 Å². The molecule has 1 aromatic carbocycles. The maximum Gasteiger partial charge on any atom is 0.431 e. The number of hydrogen-bond donors (Lipinski definition) is 2. The molecule has 1 aliphatic heterocycles. The van der Waals surface area contributed by atoms with E-state index in [4.69, 9.17) is 10.2 Å². The maximum atomic E-state index is 10.8. The molecular weight excluding hydrogens is 212 g/mol. The van der Waals surface area contributed by atoms with Crippen LogP contribution in [0.3, 0.4) is 0 Å². The average Bonchev–Trinajstić information content (AvgIpc) is 2.27. The molecule has 2 rings (SSSR count). The van der Waals surface area contributed by atoms with Crippen molar-refractivity contribution in [3.63, 3.8) is 0 Å². The zero-order valence-electron chi connectivity index (χ0n) is 8.07. The number of fused-ring (bicyclic) bond motifs is 1. The molecule has 0 atom stereocenters. The Morgan fingerprint density at radius 3 is 1.56 bits per heavy atom. The highest BCUT2D eigenvalue weighted by Gasteiger charge is 2.23. The lowest BCUT2D eigenvalue weighted by Gasteiger charge is -2.26. The van der Waals surface area contributed by atoms with Gasteiger partial charge in [0.25, 0.3) is 0 Å². The number of hydrogen-bond acceptors (Lipinski definition) is 2. The first-order valence-corrected chi connectivity index (χ1v) is 4.42. The van der Waals surface area contributed by atoms with E-state index >= 15 is 0 Å². The van der Waals surface area contributed by atoms with Crippen LogP contribution < -0.4 is 10.4 Å². The molecule has 0 fully saturated rings. The summed E-state index contributed by atoms with van der Waals surface area (Å²) < 4.78 is 0. The number of benzene rings is 1. The largest absolute Gasteiger partial charge is 0.463 e. The van der Waals surface area contributed by atoms with Gasteiger partial charge in [0.05, 0.1) is 0 Å². The lowest BCUT2D eigenvalue weighted by Crippen LogP contribution is -2.49. The Bertz CT molecular complexity index is 515. The molecule has 16 heavy (non-hydrogen) atoms. The van der Waals surface area contributed by atoms with Crippen molar-refractivity contribution in [2.45, 2.75) is 0 Å². The molecule has 0 saturated heterocycles. The van der Waals surface area contributed by atoms with Crippen molar-refractivity contribution in [3.8, 4) is 0 Å². The van der Waals surface area contributed by atoms with Gasteiger partial charge in [-0.2, -0.15) is 10.0 Å². The number of amides is 2. The van der Waals surface area contributed by atoms with Gasteiger partial charge in [0.1, 0.15) is 0 Å². The summed E-state index contributed by atoms with van der Waals surface area (Å²) in [5.41, 5.74) is 0. The molecule has 6 heteroatoms. The molecule has 0 unspecified atom stereocenters. The Balaban J connectivity index is 2.63. The fourth-order valence-corrected chi connectivity index (χ4v) is 1.43. The number of nitrogens with zero attached hydrogens (tertiary/aromatic N) is 2. The van der Waals surface area contributed by atoms with Crippen molar-refractivity contribution in [1.29, 1.82) is 0 Å². The van der Waals surface area contributed by atoms with Crippen molar-refractivity contribution in [1.82, 2.24) is 10.0 Å². The molecule has 0 spiro atoms. The summed E-state index contributed by atoms with van der Waals surface area (Å²) in [5, 5.41) is 20.2. The van der Waals surface area contributed by atoms with Gasteiger partial charge in [0, 0.05) is 22.8 Å². The SMILES string of the molecule is O=C(O)N1C=c2ccccc2=CN1C(=O)O. The lowest BCUT2D eigenvalue weighted by molar-refractivity contribution is 0.0799. The lowest BCUT2D eigenvalue weighted by atomic mass is 10.2. The Kier molecular flexibility index (Phi) is 2.24. The van der Waals surface area contributed by atoms with E-state index < -0.39 is 12.2 Å². The summed E-state index contributed by atoms with van der Waals surface area (Å²) in [6.45, 7) is 0. The number of carboxylic acid groups (broad SMARTS) is 2. The fraction of sp³-hybridized carbons (Fsp3) is 0. The third-order valence-corrected chi connectivity index (χ3v) is 2.14. The molecule has 2 amide bonds. The van der Waals surface area contributed by atoms with Crippen LogP contribution in [0.5, 0.6) is 0 Å². The third kappa shape index (κ3) is 1.56. The van der Waals surface area contributed by atoms with Gasteiger partial charge in [-0.3, -0.25) is 0 Å². The smallest absolute Gasteiger partial charge is 0.431 e. The summed E-state index contributed by atoms with van der Waals surface area (Å²) in [5.74, 6) is 0. The zero-order valence-corrected chi connectivity index (χ0v) is 8.07. The van der Waals surface area contributed by atoms with E-state index in [2.05, 4.69) is 0 Å². The second-order valence-electron chi connectivity index (χ2n) is 3.14. The molecule has 1 heterocycles. The first-order valence-electron chi connectivity index (χ1n) is 4.42. The number of hydrazine groups is 1. The van der Waals surface area contributed by atoms with E-state index in [-0.39, 0.29) is 0 Å². The quantitative estimate of drug-likeness (QED) is 0.647. The minimum atomic E-state index is -1.35. The van der Waals surface area contributed by atoms with Crippen LogP contribution in [-0.2, 0) is 0 Å². The van der Waals surface area contributed by atoms with E-state index in [0.29, 0.717) is 20.5 Å². The fourth-order valence-electron chi connectivity index (χ4n) is 1.43. The predicted octanol–water partition coefficient (Wildman–Crippen LogP) is 0.0512. The van der Waals surface area contributed by atoms with Crippen LogP contribution in [-0.4, -0.2) is 32.4 Å². The zero-order chi connectivity index (χ0) is 11.7. The van der Waals surface area contributed by atoms with Crippen molar-refractivity contribution in [2.24, 2.45) is 0 Å². The van der Waals surface area contributed by atoms with E-state index in [1.165, 1.54) is 12.4 Å². The highest BCUT2D eigenvalue weighted by atomic mass is 16.4. The summed E-state index contributed by atoms with van der Waals surface area (Å²) in [4.78, 5) is 21.7. The van der Waals surface area contributed by atoms with Crippen LogP contribution in [0.4, 0.5) is 9.59 Å². The predicted molar refractivity (Wildman–Crippen MR) is 54.3 cm³/mol. The minimum Gasteiger partial charge on any atom is -0.463 e. The molecule has 1 aliphatic rings. The Hall–Kier alpha value is -2.50. The van der Waals surface area contributed by atoms with Crippen molar-refractivity contribution in [3.05, 3.63) is 34.7 Å². The van der Waals surface area contributed by atoms with Crippen molar-refractivity contribution < 1.29 is 19.8 Å². The average molecular weight is 220 g/mol. The minimum absolute atomic E-state index is 0.616. The van der Waals surface area contributed by atoms with Gasteiger partial charge >= 0.3 is 12.2 Å². The Morgan fingerprint density at radius 1 is 0.875 bits per heavy atom. The molecule has 6 nitrogen and oxygen atoms in total. The van der Waals surface area contributed by atoms with Crippen LogP contribution >= 0.6 is 0 Å². The molecule has 0 aromatic heterocycles. The first-order chi connectivity index (χ1) is 7.59. The van der Waals surface area contributed by atoms with Crippen LogP contribution in [0.15, 0.2) is 24.3 Å². The van der Waals surface area contributed by atoms with Gasteiger partial charge in [0.15, 0.2) is 0 Å². The van der Waals surface area contributed by atoms with Gasteiger partial charge < -0.3 is 10.2 Å². The van der Waals surface area contributed by atoms with Crippen molar-refractivity contribution >= 4 is 24.6 Å². The number of carbonyl (C=O) groups is 2. The van der Waals surface area contributed by atoms with E-state index in [1.54, 1.807) is 24.3 Å². The van der Waals surface area contributed by atoms with Crippen LogP contribution in [0, 0.1) is 0 Å². The first kappa shape index (κ1) is 10.0. The van der Waals surface area contributed by atoms with Gasteiger partial charge in [-0.25, -0.2) is 9.59 Å². The van der Waals surface area contributed by atoms with Gasteiger partial charge in [0.2, 0.25) is 0 Å². The summed E-state index contributed by atoms with van der Waals surface area (Å²) in [6.07, 6.45) is -0.196. The van der Waals surface area contributed by atoms with Crippen molar-refractivity contribution in [2.75, 3.05) is 0 Å². The summed E-state index contributed by atoms with van der Waals surface area (Å²) in [6, 6.07) is 6.92. The molecular formula is C10H8N2O4. The van der Waals surface area contributed by atoms with Crippen LogP contribution in [0.25, 0.3) is 12.4 Å². The Morgan fingerprint density at radius 2 is 1.25 bits per heavy atom. The topological polar surface area (TPSA) is 81.1 Å². The van der Waals surface area contributed by atoms with Gasteiger partial charge in [-0.05, 0) is 0 Å². The molecule has 2 N–H and O–H groups in total. The molecule has 0 aliphatic carbocycles. The highest BCUT2D eigenvalue weighted by Crippen LogP contribution is 2.04. The second kappa shape index (κ2) is 3.58. The standard InChI is InChI=1S/C10H8N2O4/c13-9(14)11-5-7-3-1-2-4-8(7)6-12(11)10(15)16/h1-6H,(H,13,14)(H,15,16). The Labute approximate surface area is 89.9 Å². The molecule has 0 bridgehead atoms. The van der Waals surface area contributed by atoms with Crippen LogP contribution in [0.1, 0.15) is 0 Å². The van der Waals surface area contributed by atoms with Gasteiger partial charge in [-0.1, -0.05) is 24.3 Å². The molecule has 0 radical (unpaired) electrons. The van der Waals surface area contributed by atoms with E-state index in [0.717, 1.165) is 0 Å². The van der Waals surface area contributed by atoms with Crippen LogP contribution in [0.2, 0.25) is 0 Å². The van der Waals surface area contributed by atoms with E-state index in [9.17, 15) is 9.59 Å².